The number of aryl methyl sites for hydroxylation is 1. The number of hydrogen-bond donors (Lipinski definition) is 1. The van der Waals surface area contributed by atoms with Gasteiger partial charge in [0.1, 0.15) is 0 Å². The van der Waals surface area contributed by atoms with Gasteiger partial charge in [0.05, 0.1) is 10.6 Å². The number of nitrogen functional groups attached to an aromatic ring is 1. The number of thiophene rings is 1. The zero-order valence-electron chi connectivity index (χ0n) is 11.1. The Morgan fingerprint density at radius 2 is 2.06 bits per heavy atom. The fourth-order valence-corrected chi connectivity index (χ4v) is 2.63. The molecule has 0 radical (unpaired) electrons. The number of nitrogens with zero attached hydrogens (tertiary/aromatic N) is 3. The zero-order valence-corrected chi connectivity index (χ0v) is 12.0. The van der Waals surface area contributed by atoms with Crippen molar-refractivity contribution in [2.45, 2.75) is 20.3 Å². The van der Waals surface area contributed by atoms with E-state index in [1.165, 1.54) is 4.88 Å². The topological polar surface area (TPSA) is 68.2 Å². The summed E-state index contributed by atoms with van der Waals surface area (Å²) < 4.78 is 5.31. The third kappa shape index (κ3) is 2.54. The SMILES string of the molecule is Cc1sc(N)c(-c2nc(CCN(C)C)no2)c1C. The molecule has 0 aliphatic rings. The summed E-state index contributed by atoms with van der Waals surface area (Å²) >= 11 is 1.56. The lowest BCUT2D eigenvalue weighted by atomic mass is 10.1. The van der Waals surface area contributed by atoms with Gasteiger partial charge < -0.3 is 15.2 Å². The average Bonchev–Trinajstić information content (AvgIpc) is 2.83. The molecule has 0 aliphatic heterocycles. The Labute approximate surface area is 111 Å². The van der Waals surface area contributed by atoms with E-state index in [9.17, 15) is 0 Å². The van der Waals surface area contributed by atoms with Crippen LogP contribution in [0.3, 0.4) is 0 Å². The van der Waals surface area contributed by atoms with E-state index in [-0.39, 0.29) is 0 Å². The highest BCUT2D eigenvalue weighted by molar-refractivity contribution is 7.16. The number of rotatable bonds is 4. The summed E-state index contributed by atoms with van der Waals surface area (Å²) in [6, 6.07) is 0. The first-order valence-corrected chi connectivity index (χ1v) is 6.64. The number of nitrogens with two attached hydrogens (primary N) is 1. The molecule has 2 aromatic rings. The highest BCUT2D eigenvalue weighted by atomic mass is 32.1. The van der Waals surface area contributed by atoms with Gasteiger partial charge in [0.2, 0.25) is 0 Å². The minimum Gasteiger partial charge on any atom is -0.390 e. The van der Waals surface area contributed by atoms with Crippen LogP contribution in [-0.2, 0) is 6.42 Å². The molecule has 98 valence electrons. The molecule has 0 amide bonds. The summed E-state index contributed by atoms with van der Waals surface area (Å²) in [6.07, 6.45) is 0.776. The van der Waals surface area contributed by atoms with Crippen LogP contribution in [-0.4, -0.2) is 35.7 Å². The van der Waals surface area contributed by atoms with Crippen LogP contribution < -0.4 is 5.73 Å². The predicted octanol–water partition coefficient (Wildman–Crippen LogP) is 2.10. The van der Waals surface area contributed by atoms with Crippen LogP contribution in [0.25, 0.3) is 11.5 Å². The lowest BCUT2D eigenvalue weighted by Gasteiger charge is -2.05. The Hall–Kier alpha value is -1.40. The average molecular weight is 266 g/mol. The molecule has 2 heterocycles. The summed E-state index contributed by atoms with van der Waals surface area (Å²) in [4.78, 5) is 7.69. The first-order chi connectivity index (χ1) is 8.49. The van der Waals surface area contributed by atoms with E-state index in [0.29, 0.717) is 5.89 Å². The van der Waals surface area contributed by atoms with E-state index in [4.69, 9.17) is 10.3 Å². The van der Waals surface area contributed by atoms with E-state index in [1.54, 1.807) is 11.3 Å². The maximum absolute atomic E-state index is 5.99. The molecule has 2 N–H and O–H groups in total. The zero-order chi connectivity index (χ0) is 13.3. The summed E-state index contributed by atoms with van der Waals surface area (Å²) in [5, 5.41) is 4.74. The summed E-state index contributed by atoms with van der Waals surface area (Å²) in [5.41, 5.74) is 8.00. The molecule has 0 saturated heterocycles. The maximum atomic E-state index is 5.99. The van der Waals surface area contributed by atoms with Crippen LogP contribution in [0.15, 0.2) is 4.52 Å². The summed E-state index contributed by atoms with van der Waals surface area (Å²) in [5.74, 6) is 1.25. The quantitative estimate of drug-likeness (QED) is 0.918. The van der Waals surface area contributed by atoms with E-state index in [0.717, 1.165) is 34.9 Å². The first kappa shape index (κ1) is 13.0. The van der Waals surface area contributed by atoms with Crippen molar-refractivity contribution in [3.8, 4) is 11.5 Å². The normalized spacial score (nSPS) is 11.4. The van der Waals surface area contributed by atoms with Crippen molar-refractivity contribution in [3.63, 3.8) is 0 Å². The molecule has 18 heavy (non-hydrogen) atoms. The van der Waals surface area contributed by atoms with Crippen LogP contribution in [0.5, 0.6) is 0 Å². The Balaban J connectivity index is 2.24. The van der Waals surface area contributed by atoms with Gasteiger partial charge in [-0.25, -0.2) is 0 Å². The molecule has 0 atom stereocenters. The molecule has 0 bridgehead atoms. The van der Waals surface area contributed by atoms with Gasteiger partial charge in [0, 0.05) is 17.8 Å². The minimum atomic E-state index is 0.531. The monoisotopic (exact) mass is 266 g/mol. The molecule has 0 fully saturated rings. The van der Waals surface area contributed by atoms with Crippen molar-refractivity contribution in [2.75, 3.05) is 26.4 Å². The standard InChI is InChI=1S/C12H18N4OS/c1-7-8(2)18-11(13)10(7)12-14-9(15-17-12)5-6-16(3)4/h5-6,13H2,1-4H3. The van der Waals surface area contributed by atoms with Crippen LogP contribution in [0.4, 0.5) is 5.00 Å². The van der Waals surface area contributed by atoms with E-state index >= 15 is 0 Å². The molecule has 0 spiro atoms. The third-order valence-electron chi connectivity index (χ3n) is 2.88. The molecule has 0 saturated carbocycles. The van der Waals surface area contributed by atoms with Crippen molar-refractivity contribution in [3.05, 3.63) is 16.3 Å². The smallest absolute Gasteiger partial charge is 0.261 e. The molecule has 2 aromatic heterocycles. The van der Waals surface area contributed by atoms with Gasteiger partial charge in [0.15, 0.2) is 5.82 Å². The van der Waals surface area contributed by atoms with Gasteiger partial charge in [0.25, 0.3) is 5.89 Å². The van der Waals surface area contributed by atoms with Gasteiger partial charge in [-0.2, -0.15) is 4.98 Å². The highest BCUT2D eigenvalue weighted by Gasteiger charge is 2.18. The van der Waals surface area contributed by atoms with Crippen LogP contribution in [0.1, 0.15) is 16.3 Å². The van der Waals surface area contributed by atoms with Gasteiger partial charge >= 0.3 is 0 Å². The van der Waals surface area contributed by atoms with E-state index in [2.05, 4.69) is 15.0 Å². The number of aromatic nitrogens is 2. The Bertz CT molecular complexity index is 544. The highest BCUT2D eigenvalue weighted by Crippen LogP contribution is 2.36. The molecule has 6 heteroatoms. The van der Waals surface area contributed by atoms with Crippen molar-refractivity contribution in [1.82, 2.24) is 15.0 Å². The van der Waals surface area contributed by atoms with Gasteiger partial charge in [-0.1, -0.05) is 5.16 Å². The molecule has 0 unspecified atom stereocenters. The minimum absolute atomic E-state index is 0.531. The maximum Gasteiger partial charge on any atom is 0.261 e. The van der Waals surface area contributed by atoms with Crippen LogP contribution in [0.2, 0.25) is 0 Å². The summed E-state index contributed by atoms with van der Waals surface area (Å²) in [6.45, 7) is 4.97. The Morgan fingerprint density at radius 3 is 2.61 bits per heavy atom. The molecular weight excluding hydrogens is 248 g/mol. The number of likely N-dealkylation sites (N-methyl/N-ethyl adjacent to an activating group) is 1. The fourth-order valence-electron chi connectivity index (χ4n) is 1.70. The predicted molar refractivity (Wildman–Crippen MR) is 73.8 cm³/mol. The lowest BCUT2D eigenvalue weighted by Crippen LogP contribution is -2.15. The van der Waals surface area contributed by atoms with E-state index < -0.39 is 0 Å². The number of anilines is 1. The van der Waals surface area contributed by atoms with Crippen LogP contribution in [0, 0.1) is 13.8 Å². The molecule has 2 rings (SSSR count). The second kappa shape index (κ2) is 5.07. The third-order valence-corrected chi connectivity index (χ3v) is 3.91. The second-order valence-electron chi connectivity index (χ2n) is 4.59. The molecule has 5 nitrogen and oxygen atoms in total. The number of hydrogen-bond acceptors (Lipinski definition) is 6. The van der Waals surface area contributed by atoms with Crippen LogP contribution >= 0.6 is 11.3 Å². The van der Waals surface area contributed by atoms with Gasteiger partial charge in [-0.3, -0.25) is 0 Å². The first-order valence-electron chi connectivity index (χ1n) is 5.82. The summed E-state index contributed by atoms with van der Waals surface area (Å²) in [7, 11) is 4.04. The second-order valence-corrected chi connectivity index (χ2v) is 5.85. The molecule has 0 aliphatic carbocycles. The molecular formula is C12H18N4OS. The van der Waals surface area contributed by atoms with Crippen molar-refractivity contribution < 1.29 is 4.52 Å². The molecule has 0 aromatic carbocycles. The largest absolute Gasteiger partial charge is 0.390 e. The van der Waals surface area contributed by atoms with Crippen molar-refractivity contribution >= 4 is 16.3 Å². The van der Waals surface area contributed by atoms with Crippen molar-refractivity contribution in [2.24, 2.45) is 0 Å². The van der Waals surface area contributed by atoms with Gasteiger partial charge in [-0.05, 0) is 33.5 Å². The Kier molecular flexibility index (Phi) is 3.68. The van der Waals surface area contributed by atoms with E-state index in [1.807, 2.05) is 27.9 Å². The fraction of sp³-hybridized carbons (Fsp3) is 0.500. The van der Waals surface area contributed by atoms with Gasteiger partial charge in [-0.15, -0.1) is 11.3 Å². The lowest BCUT2D eigenvalue weighted by molar-refractivity contribution is 0.392. The Morgan fingerprint density at radius 1 is 1.33 bits per heavy atom. The van der Waals surface area contributed by atoms with Crippen molar-refractivity contribution in [1.29, 1.82) is 0 Å².